The minimum atomic E-state index is -0.657. The van der Waals surface area contributed by atoms with Crippen LogP contribution in [-0.4, -0.2) is 19.6 Å². The molecule has 3 rings (SSSR count). The molecule has 8 nitrogen and oxygen atoms in total. The predicted molar refractivity (Wildman–Crippen MR) is 99.1 cm³/mol. The molecule has 0 aliphatic carbocycles. The second kappa shape index (κ2) is 6.30. The zero-order valence-electron chi connectivity index (χ0n) is 14.2. The van der Waals surface area contributed by atoms with Gasteiger partial charge in [0.15, 0.2) is 0 Å². The fraction of sp³-hybridized carbons (Fsp3) is 0.176. The largest absolute Gasteiger partial charge is 0.332 e. The number of amides is 1. The Morgan fingerprint density at radius 1 is 1.00 bits per heavy atom. The highest BCUT2D eigenvalue weighted by Crippen LogP contribution is 2.17. The number of aryl methyl sites for hydroxylation is 2. The van der Waals surface area contributed by atoms with Gasteiger partial charge >= 0.3 is 5.69 Å². The molecule has 1 amide bonds. The summed E-state index contributed by atoms with van der Waals surface area (Å²) in [5.74, 6) is -0.647. The van der Waals surface area contributed by atoms with Gasteiger partial charge in [0.25, 0.3) is 17.0 Å². The van der Waals surface area contributed by atoms with Crippen LogP contribution in [0.15, 0.2) is 44.7 Å². The summed E-state index contributed by atoms with van der Waals surface area (Å²) in [7, 11) is 4.18. The lowest BCUT2D eigenvalue weighted by Crippen LogP contribution is -2.40. The molecule has 0 unspecified atom stereocenters. The molecule has 0 aliphatic heterocycles. The van der Waals surface area contributed by atoms with Crippen LogP contribution in [0.4, 0.5) is 5.69 Å². The smallest absolute Gasteiger partial charge is 0.322 e. The molecule has 3 aromatic rings. The van der Waals surface area contributed by atoms with Gasteiger partial charge < -0.3 is 5.32 Å². The maximum absolute atomic E-state index is 12.7. The van der Waals surface area contributed by atoms with E-state index in [9.17, 15) is 19.2 Å². The van der Waals surface area contributed by atoms with E-state index < -0.39 is 22.7 Å². The summed E-state index contributed by atoms with van der Waals surface area (Å²) in [6, 6.07) is 7.55. The average Bonchev–Trinajstić information content (AvgIpc) is 2.59. The van der Waals surface area contributed by atoms with Crippen LogP contribution in [0.5, 0.6) is 0 Å². The average molecular weight is 375 g/mol. The zero-order chi connectivity index (χ0) is 19.2. The van der Waals surface area contributed by atoms with E-state index in [1.54, 1.807) is 18.2 Å². The third kappa shape index (κ3) is 2.74. The van der Waals surface area contributed by atoms with Crippen LogP contribution in [0.3, 0.4) is 0 Å². The van der Waals surface area contributed by atoms with Gasteiger partial charge in [-0.15, -0.1) is 0 Å². The van der Waals surface area contributed by atoms with Gasteiger partial charge in [0.1, 0.15) is 5.65 Å². The van der Waals surface area contributed by atoms with Crippen LogP contribution in [-0.2, 0) is 21.1 Å². The molecule has 2 aromatic heterocycles. The van der Waals surface area contributed by atoms with Crippen molar-refractivity contribution in [3.63, 3.8) is 0 Å². The maximum Gasteiger partial charge on any atom is 0.332 e. The Hall–Kier alpha value is -3.13. The quantitative estimate of drug-likeness (QED) is 0.719. The van der Waals surface area contributed by atoms with Crippen LogP contribution >= 0.6 is 11.6 Å². The van der Waals surface area contributed by atoms with Gasteiger partial charge in [0.05, 0.1) is 10.9 Å². The number of hydrogen-bond donors (Lipinski definition) is 1. The third-order valence-electron chi connectivity index (χ3n) is 4.15. The van der Waals surface area contributed by atoms with E-state index in [-0.39, 0.29) is 16.6 Å². The lowest BCUT2D eigenvalue weighted by molar-refractivity contribution is 0.102. The molecule has 0 radical (unpaired) electrons. The molecule has 0 saturated heterocycles. The topological polar surface area (TPSA) is 95.1 Å². The predicted octanol–water partition coefficient (Wildman–Crippen LogP) is 0.842. The van der Waals surface area contributed by atoms with Crippen LogP contribution in [0.25, 0.3) is 11.0 Å². The first kappa shape index (κ1) is 17.7. The summed E-state index contributed by atoms with van der Waals surface area (Å²) in [5, 5.41) is 3.02. The van der Waals surface area contributed by atoms with Crippen molar-refractivity contribution in [2.75, 3.05) is 5.32 Å². The molecule has 134 valence electrons. The van der Waals surface area contributed by atoms with Gasteiger partial charge in [-0.2, -0.15) is 0 Å². The summed E-state index contributed by atoms with van der Waals surface area (Å²) in [5.41, 5.74) is -1.39. The Morgan fingerprint density at radius 3 is 2.35 bits per heavy atom. The number of nitrogens with zero attached hydrogens (tertiary/aromatic N) is 3. The zero-order valence-corrected chi connectivity index (χ0v) is 15.0. The lowest BCUT2D eigenvalue weighted by atomic mass is 10.1. The van der Waals surface area contributed by atoms with Gasteiger partial charge in [-0.25, -0.2) is 4.79 Å². The van der Waals surface area contributed by atoms with E-state index in [0.29, 0.717) is 10.7 Å². The Bertz CT molecular complexity index is 1240. The van der Waals surface area contributed by atoms with Crippen molar-refractivity contribution in [2.45, 2.75) is 0 Å². The molecule has 0 aliphatic rings. The highest BCUT2D eigenvalue weighted by Gasteiger charge is 2.20. The maximum atomic E-state index is 12.7. The summed E-state index contributed by atoms with van der Waals surface area (Å²) < 4.78 is 3.21. The van der Waals surface area contributed by atoms with E-state index in [1.165, 1.54) is 27.2 Å². The number of hydrogen-bond acceptors (Lipinski definition) is 4. The highest BCUT2D eigenvalue weighted by molar-refractivity contribution is 6.31. The van der Waals surface area contributed by atoms with E-state index in [1.807, 2.05) is 0 Å². The summed E-state index contributed by atoms with van der Waals surface area (Å²) in [6.07, 6.45) is 0. The molecule has 1 aromatic carbocycles. The number of carbonyl (C=O) groups excluding carboxylic acids is 1. The number of halogens is 1. The number of pyridine rings is 1. The third-order valence-corrected chi connectivity index (χ3v) is 4.38. The van der Waals surface area contributed by atoms with Crippen LogP contribution in [0.2, 0.25) is 5.02 Å². The van der Waals surface area contributed by atoms with E-state index in [4.69, 9.17) is 11.6 Å². The fourth-order valence-corrected chi connectivity index (χ4v) is 2.99. The Balaban J connectivity index is 2.32. The molecule has 0 fully saturated rings. The van der Waals surface area contributed by atoms with Crippen LogP contribution in [0.1, 0.15) is 10.4 Å². The minimum Gasteiger partial charge on any atom is -0.322 e. The van der Waals surface area contributed by atoms with Crippen LogP contribution < -0.4 is 22.1 Å². The van der Waals surface area contributed by atoms with Crippen molar-refractivity contribution >= 4 is 34.2 Å². The molecule has 0 atom stereocenters. The molecule has 0 saturated carbocycles. The Kier molecular flexibility index (Phi) is 4.29. The SMILES string of the molecule is Cn1c(=O)c2c(C(=O)Nc3cccc(Cl)c3)cc(=O)n(C)c2n(C)c1=O. The molecular formula is C17H15ClN4O4. The molecule has 0 spiro atoms. The monoisotopic (exact) mass is 374 g/mol. The van der Waals surface area contributed by atoms with Crippen molar-refractivity contribution in [3.8, 4) is 0 Å². The molecule has 0 bridgehead atoms. The van der Waals surface area contributed by atoms with Crippen molar-refractivity contribution in [1.29, 1.82) is 0 Å². The van der Waals surface area contributed by atoms with Crippen molar-refractivity contribution < 1.29 is 4.79 Å². The summed E-state index contributed by atoms with van der Waals surface area (Å²) in [4.78, 5) is 49.8. The fourth-order valence-electron chi connectivity index (χ4n) is 2.80. The van der Waals surface area contributed by atoms with E-state index in [2.05, 4.69) is 5.32 Å². The number of fused-ring (bicyclic) bond motifs is 1. The van der Waals surface area contributed by atoms with Crippen LogP contribution in [0, 0.1) is 0 Å². The molecular weight excluding hydrogens is 360 g/mol. The lowest BCUT2D eigenvalue weighted by Gasteiger charge is -2.14. The first-order valence-electron chi connectivity index (χ1n) is 7.59. The van der Waals surface area contributed by atoms with Crippen molar-refractivity contribution in [1.82, 2.24) is 13.7 Å². The molecule has 1 N–H and O–H groups in total. The number of nitrogens with one attached hydrogen (secondary N) is 1. The molecule has 2 heterocycles. The number of benzene rings is 1. The van der Waals surface area contributed by atoms with Gasteiger partial charge in [-0.3, -0.25) is 28.1 Å². The van der Waals surface area contributed by atoms with Gasteiger partial charge in [-0.05, 0) is 18.2 Å². The van der Waals surface area contributed by atoms with Gasteiger partial charge in [-0.1, -0.05) is 17.7 Å². The van der Waals surface area contributed by atoms with Gasteiger partial charge in [0, 0.05) is 37.9 Å². The molecule has 26 heavy (non-hydrogen) atoms. The standard InChI is InChI=1S/C17H15ClN4O4/c1-20-12(23)8-11(14(24)19-10-6-4-5-9(18)7-10)13-15(20)21(2)17(26)22(3)16(13)25/h4-8H,1-3H3,(H,19,24). The summed E-state index contributed by atoms with van der Waals surface area (Å²) >= 11 is 5.90. The first-order chi connectivity index (χ1) is 12.2. The second-order valence-electron chi connectivity index (χ2n) is 5.82. The van der Waals surface area contributed by atoms with Gasteiger partial charge in [0.2, 0.25) is 0 Å². The number of rotatable bonds is 2. The Morgan fingerprint density at radius 2 is 1.69 bits per heavy atom. The normalized spacial score (nSPS) is 10.9. The second-order valence-corrected chi connectivity index (χ2v) is 6.26. The van der Waals surface area contributed by atoms with Crippen molar-refractivity contribution in [2.24, 2.45) is 21.1 Å². The number of carbonyl (C=O) groups is 1. The summed E-state index contributed by atoms with van der Waals surface area (Å²) in [6.45, 7) is 0. The number of anilines is 1. The minimum absolute atomic E-state index is 0.0174. The number of aromatic nitrogens is 3. The first-order valence-corrected chi connectivity index (χ1v) is 7.97. The van der Waals surface area contributed by atoms with E-state index >= 15 is 0 Å². The molecule has 9 heteroatoms. The Labute approximate surface area is 151 Å². The highest BCUT2D eigenvalue weighted by atomic mass is 35.5. The van der Waals surface area contributed by atoms with E-state index in [0.717, 1.165) is 19.8 Å². The van der Waals surface area contributed by atoms with Crippen molar-refractivity contribution in [3.05, 3.63) is 72.1 Å².